The Balaban J connectivity index is 1.18. The molecule has 0 N–H and O–H groups in total. The molecule has 10 aromatic rings. The van der Waals surface area contributed by atoms with Gasteiger partial charge in [0.15, 0.2) is 0 Å². The summed E-state index contributed by atoms with van der Waals surface area (Å²) >= 11 is 0. The zero-order valence-corrected chi connectivity index (χ0v) is 26.6. The molecule has 0 unspecified atom stereocenters. The van der Waals surface area contributed by atoms with Crippen molar-refractivity contribution in [1.29, 1.82) is 0 Å². The molecule has 0 amide bonds. The summed E-state index contributed by atoms with van der Waals surface area (Å²) in [6.07, 6.45) is 2.02. The Bertz CT molecular complexity index is 2850. The molecule has 2 aromatic heterocycles. The molecule has 0 atom stereocenters. The van der Waals surface area contributed by atoms with E-state index in [0.29, 0.717) is 0 Å². The van der Waals surface area contributed by atoms with Crippen molar-refractivity contribution < 1.29 is 0 Å². The Morgan fingerprint density at radius 2 is 1.04 bits per heavy atom. The number of fused-ring (bicyclic) bond motifs is 9. The topological polar surface area (TPSA) is 30.7 Å². The molecule has 0 aliphatic heterocycles. The summed E-state index contributed by atoms with van der Waals surface area (Å²) in [5.41, 5.74) is 9.92. The van der Waals surface area contributed by atoms with Crippen LogP contribution in [0.15, 0.2) is 176 Å². The van der Waals surface area contributed by atoms with Gasteiger partial charge in [0.1, 0.15) is 5.82 Å². The highest BCUT2D eigenvalue weighted by Gasteiger charge is 2.17. The predicted molar refractivity (Wildman–Crippen MR) is 205 cm³/mol. The lowest BCUT2D eigenvalue weighted by molar-refractivity contribution is 1.10. The molecule has 10 rings (SSSR count). The average molecular weight is 624 g/mol. The van der Waals surface area contributed by atoms with Crippen molar-refractivity contribution in [2.45, 2.75) is 0 Å². The van der Waals surface area contributed by atoms with E-state index in [9.17, 15) is 0 Å². The second kappa shape index (κ2) is 11.0. The minimum absolute atomic E-state index is 0.925. The molecule has 49 heavy (non-hydrogen) atoms. The summed E-state index contributed by atoms with van der Waals surface area (Å²) in [7, 11) is 0. The van der Waals surface area contributed by atoms with Gasteiger partial charge in [-0.2, -0.15) is 0 Å². The monoisotopic (exact) mass is 623 g/mol. The van der Waals surface area contributed by atoms with Crippen LogP contribution in [0.2, 0.25) is 0 Å². The molecule has 0 saturated heterocycles. The number of hydrogen-bond donors (Lipinski definition) is 0. The van der Waals surface area contributed by atoms with Gasteiger partial charge in [-0.25, -0.2) is 4.98 Å². The number of imidazole rings is 1. The number of hydrogen-bond acceptors (Lipinski definition) is 2. The highest BCUT2D eigenvalue weighted by Crippen LogP contribution is 2.43. The number of aromatic nitrogens is 3. The molecule has 8 aromatic carbocycles. The number of pyridine rings is 1. The maximum absolute atomic E-state index is 5.17. The molecule has 0 aliphatic rings. The van der Waals surface area contributed by atoms with Crippen LogP contribution in [-0.2, 0) is 0 Å². The van der Waals surface area contributed by atoms with Crippen LogP contribution in [0.5, 0.6) is 0 Å². The molecule has 0 saturated carbocycles. The number of rotatable bonds is 4. The van der Waals surface area contributed by atoms with Crippen LogP contribution in [0.4, 0.5) is 0 Å². The highest BCUT2D eigenvalue weighted by molar-refractivity contribution is 6.32. The Hall–Kier alpha value is -6.58. The number of para-hydroxylation sites is 3. The molecular weight excluding hydrogens is 595 g/mol. The molecule has 228 valence electrons. The van der Waals surface area contributed by atoms with E-state index >= 15 is 0 Å². The summed E-state index contributed by atoms with van der Waals surface area (Å²) in [4.78, 5) is 10.2. The smallest absolute Gasteiger partial charge is 0.145 e. The van der Waals surface area contributed by atoms with Crippen molar-refractivity contribution >= 4 is 54.3 Å². The van der Waals surface area contributed by atoms with Crippen LogP contribution in [0, 0.1) is 0 Å². The van der Waals surface area contributed by atoms with Gasteiger partial charge in [-0.15, -0.1) is 0 Å². The van der Waals surface area contributed by atoms with Gasteiger partial charge in [-0.05, 0) is 80.0 Å². The summed E-state index contributed by atoms with van der Waals surface area (Å²) in [5, 5.41) is 8.52. The van der Waals surface area contributed by atoms with Gasteiger partial charge < -0.3 is 0 Å². The third-order valence-electron chi connectivity index (χ3n) is 9.81. The van der Waals surface area contributed by atoms with Gasteiger partial charge in [-0.1, -0.05) is 133 Å². The first-order valence-electron chi connectivity index (χ1n) is 16.7. The van der Waals surface area contributed by atoms with E-state index in [1.807, 2.05) is 18.3 Å². The molecule has 0 bridgehead atoms. The Morgan fingerprint density at radius 1 is 0.408 bits per heavy atom. The van der Waals surface area contributed by atoms with Gasteiger partial charge in [0.2, 0.25) is 0 Å². The van der Waals surface area contributed by atoms with E-state index < -0.39 is 0 Å². The van der Waals surface area contributed by atoms with Crippen molar-refractivity contribution in [2.24, 2.45) is 0 Å². The van der Waals surface area contributed by atoms with Gasteiger partial charge in [0.25, 0.3) is 0 Å². The SMILES string of the molecule is c1ccc(-c2cc3c4ccccc4c4ncc(-c5ccc(-c6nc7ccccc7n6-c6ccccc6)cc5)cc4c3c3ccccc23)cc1. The van der Waals surface area contributed by atoms with E-state index in [-0.39, 0.29) is 0 Å². The Morgan fingerprint density at radius 3 is 1.84 bits per heavy atom. The van der Waals surface area contributed by atoms with E-state index in [1.54, 1.807) is 0 Å². The van der Waals surface area contributed by atoms with Crippen LogP contribution in [0.3, 0.4) is 0 Å². The lowest BCUT2D eigenvalue weighted by Gasteiger charge is -2.16. The van der Waals surface area contributed by atoms with Gasteiger partial charge >= 0.3 is 0 Å². The van der Waals surface area contributed by atoms with E-state index in [0.717, 1.165) is 50.1 Å². The van der Waals surface area contributed by atoms with Gasteiger partial charge in [-0.3, -0.25) is 9.55 Å². The van der Waals surface area contributed by atoms with Crippen LogP contribution in [0.25, 0.3) is 93.6 Å². The fraction of sp³-hybridized carbons (Fsp3) is 0. The van der Waals surface area contributed by atoms with Crippen LogP contribution in [0.1, 0.15) is 0 Å². The van der Waals surface area contributed by atoms with Crippen molar-refractivity contribution in [1.82, 2.24) is 14.5 Å². The first-order chi connectivity index (χ1) is 24.3. The minimum atomic E-state index is 0.925. The quantitative estimate of drug-likeness (QED) is 0.183. The Labute approximate surface area is 283 Å². The van der Waals surface area contributed by atoms with Crippen LogP contribution >= 0.6 is 0 Å². The third-order valence-corrected chi connectivity index (χ3v) is 9.81. The molecule has 3 heteroatoms. The summed E-state index contributed by atoms with van der Waals surface area (Å²) < 4.78 is 2.24. The largest absolute Gasteiger partial charge is 0.292 e. The minimum Gasteiger partial charge on any atom is -0.292 e. The summed E-state index contributed by atoms with van der Waals surface area (Å²) in [5.74, 6) is 0.925. The van der Waals surface area contributed by atoms with Crippen LogP contribution in [-0.4, -0.2) is 14.5 Å². The first-order valence-corrected chi connectivity index (χ1v) is 16.7. The molecule has 0 aliphatic carbocycles. The van der Waals surface area contributed by atoms with Gasteiger partial charge in [0.05, 0.1) is 16.6 Å². The fourth-order valence-corrected chi connectivity index (χ4v) is 7.56. The van der Waals surface area contributed by atoms with Crippen molar-refractivity contribution in [2.75, 3.05) is 0 Å². The normalized spacial score (nSPS) is 11.7. The molecule has 0 fully saturated rings. The Kier molecular flexibility index (Phi) is 6.18. The van der Waals surface area contributed by atoms with Crippen molar-refractivity contribution in [3.63, 3.8) is 0 Å². The third kappa shape index (κ3) is 4.37. The van der Waals surface area contributed by atoms with Crippen LogP contribution < -0.4 is 0 Å². The molecular formula is C46H29N3. The van der Waals surface area contributed by atoms with Gasteiger partial charge in [0, 0.05) is 33.8 Å². The molecule has 0 radical (unpaired) electrons. The lowest BCUT2D eigenvalue weighted by Crippen LogP contribution is -1.97. The average Bonchev–Trinajstić information content (AvgIpc) is 3.58. The maximum atomic E-state index is 5.17. The second-order valence-corrected chi connectivity index (χ2v) is 12.6. The highest BCUT2D eigenvalue weighted by atomic mass is 15.1. The van der Waals surface area contributed by atoms with E-state index in [1.165, 1.54) is 43.4 Å². The van der Waals surface area contributed by atoms with E-state index in [4.69, 9.17) is 9.97 Å². The molecule has 0 spiro atoms. The first kappa shape index (κ1) is 27.5. The maximum Gasteiger partial charge on any atom is 0.145 e. The lowest BCUT2D eigenvalue weighted by atomic mass is 9.88. The summed E-state index contributed by atoms with van der Waals surface area (Å²) in [6, 6.07) is 60.5. The fourth-order valence-electron chi connectivity index (χ4n) is 7.56. The predicted octanol–water partition coefficient (Wildman–Crippen LogP) is 12.0. The van der Waals surface area contributed by atoms with Crippen molar-refractivity contribution in [3.05, 3.63) is 176 Å². The zero-order chi connectivity index (χ0) is 32.3. The summed E-state index contributed by atoms with van der Waals surface area (Å²) in [6.45, 7) is 0. The number of benzene rings is 8. The number of nitrogens with zero attached hydrogens (tertiary/aromatic N) is 3. The standard InChI is InChI=1S/C46H29N3/c1-3-13-31(14-4-1)39-28-40-36-18-8-10-20-38(36)45-41(44(40)37-19-9-7-17-35(37)39)27-33(29-47-45)30-23-25-32(26-24-30)46-48-42-21-11-12-22-43(42)49(46)34-15-5-2-6-16-34/h1-29H. The second-order valence-electron chi connectivity index (χ2n) is 12.6. The molecule has 2 heterocycles. The van der Waals surface area contributed by atoms with Crippen molar-refractivity contribution in [3.8, 4) is 39.3 Å². The molecule has 3 nitrogen and oxygen atoms in total. The zero-order valence-electron chi connectivity index (χ0n) is 26.6. The van der Waals surface area contributed by atoms with E-state index in [2.05, 4.69) is 162 Å².